The number of hydrogen-bond donors (Lipinski definition) is 2. The molecule has 0 spiro atoms. The number of hydrogen-bond acceptors (Lipinski definition) is 6. The van der Waals surface area contributed by atoms with Crippen LogP contribution < -0.4 is 5.32 Å². The van der Waals surface area contributed by atoms with Crippen molar-refractivity contribution < 1.29 is 19.2 Å². The molecule has 0 saturated carbocycles. The maximum absolute atomic E-state index is 12.1. The Balaban J connectivity index is 2.02. The van der Waals surface area contributed by atoms with Gasteiger partial charge in [-0.2, -0.15) is 5.10 Å². The summed E-state index contributed by atoms with van der Waals surface area (Å²) in [5, 5.41) is 20.2. The highest BCUT2D eigenvalue weighted by molar-refractivity contribution is 6.05. The Morgan fingerprint density at radius 1 is 1.43 bits per heavy atom. The van der Waals surface area contributed by atoms with Crippen molar-refractivity contribution in [1.29, 1.82) is 0 Å². The summed E-state index contributed by atoms with van der Waals surface area (Å²) in [5.41, 5.74) is 0.435. The number of non-ortho nitro benzene ring substituents is 1. The van der Waals surface area contributed by atoms with E-state index in [0.29, 0.717) is 17.5 Å². The van der Waals surface area contributed by atoms with Crippen LogP contribution in [0.3, 0.4) is 0 Å². The molecule has 2 aromatic rings. The summed E-state index contributed by atoms with van der Waals surface area (Å²) in [6.45, 7) is 2.34. The summed E-state index contributed by atoms with van der Waals surface area (Å²) in [4.78, 5) is 33.7. The van der Waals surface area contributed by atoms with Crippen LogP contribution in [0.25, 0.3) is 10.9 Å². The fourth-order valence-electron chi connectivity index (χ4n) is 1.94. The van der Waals surface area contributed by atoms with Crippen LogP contribution in [0.4, 0.5) is 5.69 Å². The van der Waals surface area contributed by atoms with Gasteiger partial charge in [0.1, 0.15) is 0 Å². The zero-order valence-corrected chi connectivity index (χ0v) is 12.5. The van der Waals surface area contributed by atoms with Crippen LogP contribution in [0.1, 0.15) is 30.3 Å². The third kappa shape index (κ3) is 4.02. The second-order valence-electron chi connectivity index (χ2n) is 4.79. The van der Waals surface area contributed by atoms with Crippen LogP contribution in [-0.4, -0.2) is 40.1 Å². The number of amides is 1. The summed E-state index contributed by atoms with van der Waals surface area (Å²) in [7, 11) is 0. The van der Waals surface area contributed by atoms with Gasteiger partial charge in [0.2, 0.25) is 0 Å². The van der Waals surface area contributed by atoms with Gasteiger partial charge in [-0.3, -0.25) is 24.8 Å². The number of fused-ring (bicyclic) bond motifs is 1. The second-order valence-corrected chi connectivity index (χ2v) is 4.79. The molecule has 0 bridgehead atoms. The normalized spacial score (nSPS) is 10.5. The van der Waals surface area contributed by atoms with Crippen LogP contribution in [0, 0.1) is 10.1 Å². The molecule has 1 amide bonds. The first-order chi connectivity index (χ1) is 11.0. The number of carbonyl (C=O) groups excluding carboxylic acids is 2. The van der Waals surface area contributed by atoms with Crippen molar-refractivity contribution in [2.75, 3.05) is 13.2 Å². The van der Waals surface area contributed by atoms with E-state index < -0.39 is 16.8 Å². The van der Waals surface area contributed by atoms with Crippen molar-refractivity contribution in [2.45, 2.75) is 19.8 Å². The number of rotatable bonds is 7. The van der Waals surface area contributed by atoms with E-state index in [1.165, 1.54) is 18.2 Å². The van der Waals surface area contributed by atoms with Crippen molar-refractivity contribution in [3.8, 4) is 0 Å². The Morgan fingerprint density at radius 3 is 2.91 bits per heavy atom. The van der Waals surface area contributed by atoms with E-state index in [-0.39, 0.29) is 24.3 Å². The van der Waals surface area contributed by atoms with Crippen molar-refractivity contribution >= 4 is 28.5 Å². The number of nitro benzene ring substituents is 1. The van der Waals surface area contributed by atoms with Crippen LogP contribution in [0.5, 0.6) is 0 Å². The maximum atomic E-state index is 12.1. The molecule has 0 aliphatic rings. The van der Waals surface area contributed by atoms with Crippen LogP contribution in [0.2, 0.25) is 0 Å². The predicted molar refractivity (Wildman–Crippen MR) is 80.9 cm³/mol. The van der Waals surface area contributed by atoms with Gasteiger partial charge >= 0.3 is 5.97 Å². The first-order valence-electron chi connectivity index (χ1n) is 7.09. The molecule has 0 unspecified atom stereocenters. The van der Waals surface area contributed by atoms with E-state index in [4.69, 9.17) is 4.74 Å². The Hall–Kier alpha value is -2.97. The van der Waals surface area contributed by atoms with Gasteiger partial charge < -0.3 is 10.1 Å². The number of esters is 1. The molecule has 1 heterocycles. The highest BCUT2D eigenvalue weighted by atomic mass is 16.6. The molecule has 1 aromatic heterocycles. The minimum Gasteiger partial charge on any atom is -0.466 e. The first-order valence-corrected chi connectivity index (χ1v) is 7.09. The number of H-pyrrole nitrogens is 1. The Bertz CT molecular complexity index is 740. The fourth-order valence-corrected chi connectivity index (χ4v) is 1.94. The van der Waals surface area contributed by atoms with E-state index in [2.05, 4.69) is 15.5 Å². The average molecular weight is 320 g/mol. The number of nitrogens with one attached hydrogen (secondary N) is 2. The molecule has 9 nitrogen and oxygen atoms in total. The lowest BCUT2D eigenvalue weighted by Crippen LogP contribution is -2.27. The van der Waals surface area contributed by atoms with Crippen molar-refractivity contribution in [1.82, 2.24) is 15.5 Å². The summed E-state index contributed by atoms with van der Waals surface area (Å²) in [6, 6.07) is 4.09. The molecule has 9 heteroatoms. The zero-order valence-electron chi connectivity index (χ0n) is 12.5. The zero-order chi connectivity index (χ0) is 16.8. The van der Waals surface area contributed by atoms with Crippen LogP contribution in [-0.2, 0) is 9.53 Å². The smallest absolute Gasteiger partial charge is 0.307 e. The standard InChI is InChI=1S/C14H16N4O5/c1-2-7-23-12(19)5-6-15-14(20)13-10-8-9(18(21)22)3-4-11(10)16-17-13/h3-4,8H,2,5-7H2,1H3,(H,15,20)(H,16,17). The molecular formula is C14H16N4O5. The quantitative estimate of drug-likeness (QED) is 0.452. The molecule has 0 atom stereocenters. The summed E-state index contributed by atoms with van der Waals surface area (Å²) in [5.74, 6) is -0.908. The van der Waals surface area contributed by atoms with Crippen molar-refractivity contribution in [3.63, 3.8) is 0 Å². The topological polar surface area (TPSA) is 127 Å². The Morgan fingerprint density at radius 2 is 2.22 bits per heavy atom. The van der Waals surface area contributed by atoms with Crippen molar-refractivity contribution in [2.24, 2.45) is 0 Å². The van der Waals surface area contributed by atoms with Gasteiger partial charge in [-0.05, 0) is 12.5 Å². The highest BCUT2D eigenvalue weighted by Crippen LogP contribution is 2.21. The molecule has 23 heavy (non-hydrogen) atoms. The van der Waals surface area contributed by atoms with Crippen LogP contribution >= 0.6 is 0 Å². The highest BCUT2D eigenvalue weighted by Gasteiger charge is 2.17. The van der Waals surface area contributed by atoms with Crippen molar-refractivity contribution in [3.05, 3.63) is 34.0 Å². The van der Waals surface area contributed by atoms with Gasteiger partial charge in [-0.15, -0.1) is 0 Å². The molecule has 0 radical (unpaired) electrons. The lowest BCUT2D eigenvalue weighted by molar-refractivity contribution is -0.384. The van der Waals surface area contributed by atoms with Gasteiger partial charge in [0.25, 0.3) is 11.6 Å². The number of nitro groups is 1. The Labute approximate surface area is 131 Å². The molecule has 122 valence electrons. The third-order valence-corrected chi connectivity index (χ3v) is 3.05. The molecule has 0 aliphatic carbocycles. The van der Waals surface area contributed by atoms with Gasteiger partial charge in [0, 0.05) is 24.1 Å². The number of aromatic nitrogens is 2. The first kappa shape index (κ1) is 16.4. The Kier molecular flexibility index (Phi) is 5.23. The summed E-state index contributed by atoms with van der Waals surface area (Å²) >= 11 is 0. The van der Waals surface area contributed by atoms with E-state index >= 15 is 0 Å². The molecule has 0 fully saturated rings. The fraction of sp³-hybridized carbons (Fsp3) is 0.357. The number of ether oxygens (including phenoxy) is 1. The molecule has 2 rings (SSSR count). The maximum Gasteiger partial charge on any atom is 0.307 e. The molecular weight excluding hydrogens is 304 g/mol. The van der Waals surface area contributed by atoms with E-state index in [9.17, 15) is 19.7 Å². The monoisotopic (exact) mass is 320 g/mol. The lowest BCUT2D eigenvalue weighted by Gasteiger charge is -2.04. The predicted octanol–water partition coefficient (Wildman–Crippen LogP) is 1.54. The molecule has 0 aliphatic heterocycles. The van der Waals surface area contributed by atoms with Gasteiger partial charge in [-0.1, -0.05) is 6.92 Å². The molecule has 1 aromatic carbocycles. The van der Waals surface area contributed by atoms with E-state index in [0.717, 1.165) is 6.42 Å². The molecule has 0 saturated heterocycles. The van der Waals surface area contributed by atoms with Crippen LogP contribution in [0.15, 0.2) is 18.2 Å². The summed E-state index contributed by atoms with van der Waals surface area (Å²) < 4.78 is 4.89. The second kappa shape index (κ2) is 7.34. The van der Waals surface area contributed by atoms with E-state index in [1.807, 2.05) is 6.92 Å². The average Bonchev–Trinajstić information content (AvgIpc) is 2.95. The van der Waals surface area contributed by atoms with E-state index in [1.54, 1.807) is 0 Å². The van der Waals surface area contributed by atoms with Gasteiger partial charge in [-0.25, -0.2) is 0 Å². The minimum atomic E-state index is -0.544. The number of aromatic amines is 1. The van der Waals surface area contributed by atoms with Gasteiger partial charge in [0.15, 0.2) is 5.69 Å². The number of benzene rings is 1. The third-order valence-electron chi connectivity index (χ3n) is 3.05. The largest absolute Gasteiger partial charge is 0.466 e. The molecule has 2 N–H and O–H groups in total. The summed E-state index contributed by atoms with van der Waals surface area (Å²) in [6.07, 6.45) is 0.782. The SMILES string of the molecule is CCCOC(=O)CCNC(=O)c1n[nH]c2ccc([N+](=O)[O-])cc12. The minimum absolute atomic E-state index is 0.0469. The lowest BCUT2D eigenvalue weighted by atomic mass is 10.2. The van der Waals surface area contributed by atoms with Gasteiger partial charge in [0.05, 0.1) is 23.5 Å². The number of carbonyl (C=O) groups is 2. The number of nitrogens with zero attached hydrogens (tertiary/aromatic N) is 2.